The second kappa shape index (κ2) is 7.67. The van der Waals surface area contributed by atoms with E-state index in [1.54, 1.807) is 36.3 Å². The van der Waals surface area contributed by atoms with Crippen molar-refractivity contribution in [2.24, 2.45) is 4.40 Å². The second-order valence-electron chi connectivity index (χ2n) is 8.89. The van der Waals surface area contributed by atoms with E-state index in [1.165, 1.54) is 0 Å². The number of carbonyl (C=O) groups is 1. The number of nitrogens with zero attached hydrogens (tertiary/aromatic N) is 2. The maximum Gasteiger partial charge on any atom is 0.285 e. The van der Waals surface area contributed by atoms with Crippen molar-refractivity contribution < 1.29 is 17.9 Å². The lowest BCUT2D eigenvalue weighted by molar-refractivity contribution is -0.119. The van der Waals surface area contributed by atoms with Gasteiger partial charge in [0.2, 0.25) is 5.91 Å². The minimum absolute atomic E-state index is 0.0816. The third-order valence-electron chi connectivity index (χ3n) is 5.76. The van der Waals surface area contributed by atoms with E-state index in [9.17, 15) is 13.2 Å². The van der Waals surface area contributed by atoms with Crippen molar-refractivity contribution in [1.82, 2.24) is 4.90 Å². The molecule has 2 aliphatic heterocycles. The second-order valence-corrected chi connectivity index (χ2v) is 10.5. The molecule has 0 aromatic heterocycles. The largest absolute Gasteiger partial charge is 0.495 e. The average molecular weight is 442 g/mol. The Labute approximate surface area is 183 Å². The van der Waals surface area contributed by atoms with Crippen LogP contribution in [0, 0.1) is 0 Å². The third-order valence-corrected chi connectivity index (χ3v) is 7.09. The molecule has 1 amide bonds. The van der Waals surface area contributed by atoms with Crippen molar-refractivity contribution in [2.75, 3.05) is 19.0 Å². The van der Waals surface area contributed by atoms with Crippen LogP contribution in [0.2, 0.25) is 0 Å². The molecule has 0 aliphatic carbocycles. The number of likely N-dealkylation sites (tertiary alicyclic amines) is 1. The van der Waals surface area contributed by atoms with Crippen LogP contribution >= 0.6 is 0 Å². The Hall–Kier alpha value is -2.87. The highest BCUT2D eigenvalue weighted by Crippen LogP contribution is 2.34. The van der Waals surface area contributed by atoms with E-state index < -0.39 is 16.1 Å². The number of rotatable bonds is 3. The highest BCUT2D eigenvalue weighted by molar-refractivity contribution is 7.90. The highest BCUT2D eigenvalue weighted by atomic mass is 32.2. The van der Waals surface area contributed by atoms with Gasteiger partial charge in [-0.25, -0.2) is 0 Å². The minimum Gasteiger partial charge on any atom is -0.495 e. The lowest BCUT2D eigenvalue weighted by atomic mass is 9.87. The fraction of sp³-hybridized carbons (Fsp3) is 0.391. The Balaban J connectivity index is 1.63. The molecule has 1 unspecified atom stereocenters. The summed E-state index contributed by atoms with van der Waals surface area (Å²) in [7, 11) is -2.17. The lowest BCUT2D eigenvalue weighted by Crippen LogP contribution is -2.43. The van der Waals surface area contributed by atoms with Crippen molar-refractivity contribution in [3.63, 3.8) is 0 Å². The summed E-state index contributed by atoms with van der Waals surface area (Å²) in [6, 6.07) is 12.0. The summed E-state index contributed by atoms with van der Waals surface area (Å²) in [4.78, 5) is 15.3. The molecule has 0 radical (unpaired) electrons. The first-order valence-electron chi connectivity index (χ1n) is 10.3. The van der Waals surface area contributed by atoms with Gasteiger partial charge in [-0.2, -0.15) is 8.42 Å². The van der Waals surface area contributed by atoms with Crippen LogP contribution < -0.4 is 10.1 Å². The van der Waals surface area contributed by atoms with Gasteiger partial charge in [-0.3, -0.25) is 4.79 Å². The molecule has 1 saturated heterocycles. The smallest absolute Gasteiger partial charge is 0.285 e. The van der Waals surface area contributed by atoms with E-state index in [1.807, 2.05) is 18.2 Å². The van der Waals surface area contributed by atoms with Crippen molar-refractivity contribution >= 4 is 27.5 Å². The first kappa shape index (κ1) is 21.4. The van der Waals surface area contributed by atoms with Crippen molar-refractivity contribution in [1.29, 1.82) is 0 Å². The molecule has 2 aliphatic rings. The number of carbonyl (C=O) groups excluding carboxylic acids is 1. The molecular formula is C23H27N3O4S. The SMILES string of the molecule is COc1ccc(C(C)(C)C)cc1NC(=O)C1CCCN1C1=NS(=O)(=O)c2ccccc21. The number of amidine groups is 1. The van der Waals surface area contributed by atoms with Crippen LogP contribution in [0.5, 0.6) is 5.75 Å². The van der Waals surface area contributed by atoms with Crippen molar-refractivity contribution in [3.05, 3.63) is 53.6 Å². The molecular weight excluding hydrogens is 414 g/mol. The van der Waals surface area contributed by atoms with Gasteiger partial charge in [-0.15, -0.1) is 4.40 Å². The maximum absolute atomic E-state index is 13.3. The van der Waals surface area contributed by atoms with Crippen LogP contribution in [-0.2, 0) is 20.2 Å². The van der Waals surface area contributed by atoms with Gasteiger partial charge < -0.3 is 15.0 Å². The van der Waals surface area contributed by atoms with E-state index in [0.29, 0.717) is 35.8 Å². The van der Waals surface area contributed by atoms with Gasteiger partial charge in [0.15, 0.2) is 5.84 Å². The van der Waals surface area contributed by atoms with Gasteiger partial charge in [0.1, 0.15) is 16.7 Å². The Morgan fingerprint density at radius 1 is 1.19 bits per heavy atom. The Morgan fingerprint density at radius 2 is 1.94 bits per heavy atom. The molecule has 2 heterocycles. The molecule has 7 nitrogen and oxygen atoms in total. The third kappa shape index (κ3) is 3.92. The molecule has 1 fully saturated rings. The molecule has 0 spiro atoms. The summed E-state index contributed by atoms with van der Waals surface area (Å²) in [6.07, 6.45) is 1.40. The van der Waals surface area contributed by atoms with Crippen LogP contribution in [0.3, 0.4) is 0 Å². The van der Waals surface area contributed by atoms with Crippen molar-refractivity contribution in [2.45, 2.75) is 50.0 Å². The summed E-state index contributed by atoms with van der Waals surface area (Å²) in [6.45, 7) is 6.89. The topological polar surface area (TPSA) is 88.1 Å². The van der Waals surface area contributed by atoms with Crippen LogP contribution in [-0.4, -0.2) is 44.8 Å². The Morgan fingerprint density at radius 3 is 2.65 bits per heavy atom. The van der Waals surface area contributed by atoms with Gasteiger partial charge in [0, 0.05) is 12.1 Å². The number of hydrogen-bond donors (Lipinski definition) is 1. The summed E-state index contributed by atoms with van der Waals surface area (Å²) in [5.74, 6) is 0.729. The van der Waals surface area contributed by atoms with E-state index >= 15 is 0 Å². The highest BCUT2D eigenvalue weighted by Gasteiger charge is 2.39. The fourth-order valence-electron chi connectivity index (χ4n) is 4.08. The molecule has 1 atom stereocenters. The van der Waals surface area contributed by atoms with Crippen LogP contribution in [0.25, 0.3) is 0 Å². The van der Waals surface area contributed by atoms with Crippen molar-refractivity contribution in [3.8, 4) is 5.75 Å². The molecule has 0 bridgehead atoms. The van der Waals surface area contributed by atoms with E-state index in [2.05, 4.69) is 30.5 Å². The van der Waals surface area contributed by atoms with E-state index in [4.69, 9.17) is 4.74 Å². The fourth-order valence-corrected chi connectivity index (χ4v) is 5.29. The molecule has 31 heavy (non-hydrogen) atoms. The molecule has 2 aromatic carbocycles. The van der Waals surface area contributed by atoms with Gasteiger partial charge in [-0.05, 0) is 48.1 Å². The number of amides is 1. The number of benzene rings is 2. The number of anilines is 1. The first-order valence-corrected chi connectivity index (χ1v) is 11.8. The molecule has 1 N–H and O–H groups in total. The lowest BCUT2D eigenvalue weighted by Gasteiger charge is -2.26. The van der Waals surface area contributed by atoms with E-state index in [-0.39, 0.29) is 16.2 Å². The number of fused-ring (bicyclic) bond motifs is 1. The molecule has 164 valence electrons. The standard InChI is InChI=1S/C23H27N3O4S/c1-23(2,3)15-11-12-19(30-4)17(14-15)24-22(27)18-9-7-13-26(18)21-16-8-5-6-10-20(16)31(28,29)25-21/h5-6,8,10-12,14,18H,7,9,13H2,1-4H3,(H,24,27). The summed E-state index contributed by atoms with van der Waals surface area (Å²) < 4.78 is 34.4. The zero-order valence-electron chi connectivity index (χ0n) is 18.2. The number of sulfonamides is 1. The molecule has 8 heteroatoms. The van der Waals surface area contributed by atoms with Crippen LogP contribution in [0.1, 0.15) is 44.7 Å². The van der Waals surface area contributed by atoms with Crippen LogP contribution in [0.4, 0.5) is 5.69 Å². The predicted octanol–water partition coefficient (Wildman–Crippen LogP) is 3.54. The Bertz CT molecular complexity index is 1170. The average Bonchev–Trinajstić information content (AvgIpc) is 3.30. The normalized spacial score (nSPS) is 19.7. The van der Waals surface area contributed by atoms with Gasteiger partial charge in [0.25, 0.3) is 10.0 Å². The number of methoxy groups -OCH3 is 1. The molecule has 4 rings (SSSR count). The quantitative estimate of drug-likeness (QED) is 0.787. The van der Waals surface area contributed by atoms with Crippen LogP contribution in [0.15, 0.2) is 51.8 Å². The van der Waals surface area contributed by atoms with Gasteiger partial charge >= 0.3 is 0 Å². The predicted molar refractivity (Wildman–Crippen MR) is 120 cm³/mol. The number of ether oxygens (including phenoxy) is 1. The monoisotopic (exact) mass is 441 g/mol. The zero-order chi connectivity index (χ0) is 22.4. The van der Waals surface area contributed by atoms with Gasteiger partial charge in [-0.1, -0.05) is 39.0 Å². The number of nitrogens with one attached hydrogen (secondary N) is 1. The summed E-state index contributed by atoms with van der Waals surface area (Å²) in [5.41, 5.74) is 2.15. The maximum atomic E-state index is 13.3. The zero-order valence-corrected chi connectivity index (χ0v) is 19.0. The van der Waals surface area contributed by atoms with Gasteiger partial charge in [0.05, 0.1) is 12.8 Å². The molecule has 0 saturated carbocycles. The minimum atomic E-state index is -3.74. The number of hydrogen-bond acceptors (Lipinski definition) is 5. The first-order chi connectivity index (χ1) is 14.6. The summed E-state index contributed by atoms with van der Waals surface area (Å²) >= 11 is 0. The summed E-state index contributed by atoms with van der Waals surface area (Å²) in [5, 5.41) is 3.00. The van der Waals surface area contributed by atoms with E-state index in [0.717, 1.165) is 12.0 Å². The Kier molecular flexibility index (Phi) is 5.29. The molecule has 2 aromatic rings.